The summed E-state index contributed by atoms with van der Waals surface area (Å²) in [5.41, 5.74) is 4.03. The third-order valence-corrected chi connectivity index (χ3v) is 6.65. The second kappa shape index (κ2) is 6.89. The van der Waals surface area contributed by atoms with Gasteiger partial charge in [-0.15, -0.1) is 11.3 Å². The molecule has 0 radical (unpaired) electrons. The zero-order valence-electron chi connectivity index (χ0n) is 14.0. The highest BCUT2D eigenvalue weighted by atomic mass is 35.5. The molecular formula is C20H18ClNO3S. The first-order chi connectivity index (χ1) is 12.6. The van der Waals surface area contributed by atoms with Crippen LogP contribution in [0.15, 0.2) is 24.3 Å². The number of aldehydes is 1. The molecule has 1 aliphatic carbocycles. The Bertz CT molecular complexity index is 981. The zero-order valence-corrected chi connectivity index (χ0v) is 15.6. The SMILES string of the molecule is O=Cc1c(C(=O)O)sc2c(C3CCCCC3)c(-c3ccc(Cl)cc3)[nH]c12. The number of carbonyl (C=O) groups is 2. The average Bonchev–Trinajstić information content (AvgIpc) is 3.18. The van der Waals surface area contributed by atoms with E-state index in [0.717, 1.165) is 34.4 Å². The fourth-order valence-corrected chi connectivity index (χ4v) is 5.28. The minimum absolute atomic E-state index is 0.112. The summed E-state index contributed by atoms with van der Waals surface area (Å²) >= 11 is 7.24. The Morgan fingerprint density at radius 1 is 1.19 bits per heavy atom. The molecule has 1 aliphatic rings. The molecule has 3 aromatic rings. The summed E-state index contributed by atoms with van der Waals surface area (Å²) in [5.74, 6) is -0.674. The Balaban J connectivity index is 1.97. The number of fused-ring (bicyclic) bond motifs is 1. The van der Waals surface area contributed by atoms with Crippen molar-refractivity contribution in [1.82, 2.24) is 4.98 Å². The van der Waals surface area contributed by atoms with Gasteiger partial charge in [0.05, 0.1) is 21.5 Å². The summed E-state index contributed by atoms with van der Waals surface area (Å²) in [6.45, 7) is 0. The number of aromatic nitrogens is 1. The van der Waals surface area contributed by atoms with Gasteiger partial charge in [-0.05, 0) is 42.0 Å². The Kier molecular flexibility index (Phi) is 4.59. The largest absolute Gasteiger partial charge is 0.477 e. The number of thiophene rings is 1. The van der Waals surface area contributed by atoms with E-state index in [2.05, 4.69) is 4.98 Å². The maximum Gasteiger partial charge on any atom is 0.346 e. The average molecular weight is 388 g/mol. The molecule has 1 fully saturated rings. The van der Waals surface area contributed by atoms with Crippen molar-refractivity contribution in [2.24, 2.45) is 0 Å². The maximum absolute atomic E-state index is 11.6. The standard InChI is InChI=1S/C20H18ClNO3S/c21-13-8-6-12(7-9-13)16-15(11-4-2-1-3-5-11)19-17(22-16)14(10-23)18(26-19)20(24)25/h6-11,22H,1-5H2,(H,24,25). The molecule has 2 heterocycles. The van der Waals surface area contributed by atoms with Crippen LogP contribution in [0.3, 0.4) is 0 Å². The molecule has 4 rings (SSSR count). The molecule has 0 saturated heterocycles. The lowest BCUT2D eigenvalue weighted by Gasteiger charge is -2.22. The van der Waals surface area contributed by atoms with Crippen LogP contribution in [0.1, 0.15) is 63.6 Å². The maximum atomic E-state index is 11.6. The molecule has 0 bridgehead atoms. The van der Waals surface area contributed by atoms with Gasteiger partial charge in [-0.3, -0.25) is 4.79 Å². The molecule has 4 nitrogen and oxygen atoms in total. The Hall–Kier alpha value is -2.11. The van der Waals surface area contributed by atoms with Crippen molar-refractivity contribution >= 4 is 45.4 Å². The number of H-pyrrole nitrogens is 1. The van der Waals surface area contributed by atoms with Crippen LogP contribution in [0.2, 0.25) is 5.02 Å². The molecule has 6 heteroatoms. The fraction of sp³-hybridized carbons (Fsp3) is 0.300. The first-order valence-corrected chi connectivity index (χ1v) is 9.92. The number of aromatic amines is 1. The summed E-state index contributed by atoms with van der Waals surface area (Å²) in [4.78, 5) is 26.6. The molecule has 0 unspecified atom stereocenters. The number of hydrogen-bond donors (Lipinski definition) is 2. The monoisotopic (exact) mass is 387 g/mol. The first-order valence-electron chi connectivity index (χ1n) is 8.73. The molecule has 0 aliphatic heterocycles. The van der Waals surface area contributed by atoms with Crippen LogP contribution in [0.5, 0.6) is 0 Å². The van der Waals surface area contributed by atoms with Gasteiger partial charge in [0.2, 0.25) is 0 Å². The van der Waals surface area contributed by atoms with Crippen LogP contribution >= 0.6 is 22.9 Å². The number of carbonyl (C=O) groups excluding carboxylic acids is 1. The highest BCUT2D eigenvalue weighted by molar-refractivity contribution is 7.21. The van der Waals surface area contributed by atoms with Crippen LogP contribution in [-0.4, -0.2) is 22.3 Å². The highest BCUT2D eigenvalue weighted by Crippen LogP contribution is 2.46. The number of benzene rings is 1. The van der Waals surface area contributed by atoms with Crippen LogP contribution in [-0.2, 0) is 0 Å². The fourth-order valence-electron chi connectivity index (χ4n) is 3.96. The molecular weight excluding hydrogens is 370 g/mol. The van der Waals surface area contributed by atoms with Crippen LogP contribution in [0.25, 0.3) is 21.5 Å². The van der Waals surface area contributed by atoms with Crippen molar-refractivity contribution in [2.45, 2.75) is 38.0 Å². The van der Waals surface area contributed by atoms with E-state index in [1.165, 1.54) is 30.6 Å². The second-order valence-corrected chi connectivity index (χ2v) is 8.18. The van der Waals surface area contributed by atoms with Crippen LogP contribution in [0.4, 0.5) is 0 Å². The Labute approximate surface area is 159 Å². The third-order valence-electron chi connectivity index (χ3n) is 5.17. The lowest BCUT2D eigenvalue weighted by Crippen LogP contribution is -2.05. The van der Waals surface area contributed by atoms with Gasteiger partial charge in [-0.25, -0.2) is 4.79 Å². The third kappa shape index (κ3) is 2.85. The van der Waals surface area contributed by atoms with Gasteiger partial charge in [-0.2, -0.15) is 0 Å². The van der Waals surface area contributed by atoms with Gasteiger partial charge in [0.1, 0.15) is 4.88 Å². The number of hydrogen-bond acceptors (Lipinski definition) is 3. The van der Waals surface area contributed by atoms with E-state index in [-0.39, 0.29) is 10.4 Å². The van der Waals surface area contributed by atoms with Gasteiger partial charge in [-0.1, -0.05) is 43.0 Å². The smallest absolute Gasteiger partial charge is 0.346 e. The minimum Gasteiger partial charge on any atom is -0.477 e. The summed E-state index contributed by atoms with van der Waals surface area (Å²) in [6.07, 6.45) is 6.42. The number of aromatic carboxylic acids is 1. The normalized spacial score (nSPS) is 15.4. The quantitative estimate of drug-likeness (QED) is 0.530. The predicted octanol–water partition coefficient (Wildman–Crippen LogP) is 6.11. The van der Waals surface area contributed by atoms with E-state index in [9.17, 15) is 14.7 Å². The summed E-state index contributed by atoms with van der Waals surface area (Å²) in [5, 5.41) is 10.1. The van der Waals surface area contributed by atoms with E-state index < -0.39 is 5.97 Å². The second-order valence-electron chi connectivity index (χ2n) is 6.73. The predicted molar refractivity (Wildman–Crippen MR) is 105 cm³/mol. The summed E-state index contributed by atoms with van der Waals surface area (Å²) in [6, 6.07) is 7.62. The van der Waals surface area contributed by atoms with Crippen molar-refractivity contribution in [2.75, 3.05) is 0 Å². The van der Waals surface area contributed by atoms with Gasteiger partial charge >= 0.3 is 5.97 Å². The van der Waals surface area contributed by atoms with Gasteiger partial charge in [0.15, 0.2) is 6.29 Å². The van der Waals surface area contributed by atoms with Crippen molar-refractivity contribution in [3.8, 4) is 11.3 Å². The lowest BCUT2D eigenvalue weighted by molar-refractivity contribution is 0.0699. The molecule has 1 saturated carbocycles. The number of carboxylic acid groups (broad SMARTS) is 1. The van der Waals surface area contributed by atoms with E-state index in [4.69, 9.17) is 11.6 Å². The van der Waals surface area contributed by atoms with Crippen molar-refractivity contribution in [3.05, 3.63) is 45.3 Å². The van der Waals surface area contributed by atoms with Gasteiger partial charge < -0.3 is 10.1 Å². The topological polar surface area (TPSA) is 70.2 Å². The summed E-state index contributed by atoms with van der Waals surface area (Å²) in [7, 11) is 0. The molecule has 1 aromatic carbocycles. The molecule has 0 amide bonds. The molecule has 2 aromatic heterocycles. The molecule has 26 heavy (non-hydrogen) atoms. The van der Waals surface area contributed by atoms with E-state index in [1.54, 1.807) is 0 Å². The van der Waals surface area contributed by atoms with Crippen LogP contribution < -0.4 is 0 Å². The molecule has 2 N–H and O–H groups in total. The van der Waals surface area contributed by atoms with Crippen molar-refractivity contribution < 1.29 is 14.7 Å². The molecule has 0 spiro atoms. The minimum atomic E-state index is -1.05. The van der Waals surface area contributed by atoms with Crippen molar-refractivity contribution in [3.63, 3.8) is 0 Å². The summed E-state index contributed by atoms with van der Waals surface area (Å²) < 4.78 is 0.904. The Morgan fingerprint density at radius 3 is 2.50 bits per heavy atom. The van der Waals surface area contributed by atoms with E-state index in [1.807, 2.05) is 24.3 Å². The van der Waals surface area contributed by atoms with E-state index >= 15 is 0 Å². The zero-order chi connectivity index (χ0) is 18.3. The van der Waals surface area contributed by atoms with E-state index in [0.29, 0.717) is 22.7 Å². The number of halogens is 1. The lowest BCUT2D eigenvalue weighted by atomic mass is 9.83. The van der Waals surface area contributed by atoms with Crippen LogP contribution in [0, 0.1) is 0 Å². The van der Waals surface area contributed by atoms with Gasteiger partial charge in [0.25, 0.3) is 0 Å². The number of nitrogens with one attached hydrogen (secondary N) is 1. The van der Waals surface area contributed by atoms with Gasteiger partial charge in [0, 0.05) is 5.02 Å². The first kappa shape index (κ1) is 17.3. The number of rotatable bonds is 4. The molecule has 134 valence electrons. The molecule has 0 atom stereocenters. The van der Waals surface area contributed by atoms with Crippen molar-refractivity contribution in [1.29, 1.82) is 0 Å². The highest BCUT2D eigenvalue weighted by Gasteiger charge is 2.28. The Morgan fingerprint density at radius 2 is 1.88 bits per heavy atom. The number of carboxylic acids is 1.